The largest absolute Gasteiger partial charge is 0.481 e. The Morgan fingerprint density at radius 3 is 2.75 bits per heavy atom. The van der Waals surface area contributed by atoms with Gasteiger partial charge in [-0.15, -0.1) is 0 Å². The average Bonchev–Trinajstić information content (AvgIpc) is 2.91. The molecule has 0 aliphatic rings. The fourth-order valence-electron chi connectivity index (χ4n) is 2.64. The van der Waals surface area contributed by atoms with Gasteiger partial charge >= 0.3 is 0 Å². The van der Waals surface area contributed by atoms with Crippen LogP contribution in [-0.2, 0) is 7.05 Å². The second kappa shape index (κ2) is 6.53. The number of pyridine rings is 1. The van der Waals surface area contributed by atoms with Crippen LogP contribution in [0.25, 0.3) is 10.9 Å². The minimum absolute atomic E-state index is 0.145. The first-order valence-electron chi connectivity index (χ1n) is 7.55. The standard InChI is InChI=1S/C18H18ClN3O2/c1-11(13-5-7-17(24-3)20-10-13)21-18(23)16-8-12-4-6-14(19)9-15(12)22(16)2/h4-11H,1-3H3,(H,21,23)/t11-/m0/s1. The van der Waals surface area contributed by atoms with Crippen LogP contribution in [0.4, 0.5) is 0 Å². The molecule has 3 rings (SSSR count). The van der Waals surface area contributed by atoms with Gasteiger partial charge in [0.15, 0.2) is 0 Å². The number of hydrogen-bond acceptors (Lipinski definition) is 3. The van der Waals surface area contributed by atoms with E-state index in [9.17, 15) is 4.79 Å². The van der Waals surface area contributed by atoms with Crippen molar-refractivity contribution in [3.05, 3.63) is 58.9 Å². The SMILES string of the molecule is COc1ccc([C@H](C)NC(=O)c2cc3ccc(Cl)cc3n2C)cn1. The van der Waals surface area contributed by atoms with Crippen LogP contribution in [0.15, 0.2) is 42.6 Å². The maximum Gasteiger partial charge on any atom is 0.268 e. The lowest BCUT2D eigenvalue weighted by Gasteiger charge is -2.14. The fourth-order valence-corrected chi connectivity index (χ4v) is 2.81. The normalized spacial score (nSPS) is 12.2. The van der Waals surface area contributed by atoms with E-state index in [1.807, 2.05) is 48.9 Å². The topological polar surface area (TPSA) is 56.1 Å². The highest BCUT2D eigenvalue weighted by Crippen LogP contribution is 2.23. The molecule has 0 aliphatic carbocycles. The molecule has 124 valence electrons. The summed E-state index contributed by atoms with van der Waals surface area (Å²) in [6.07, 6.45) is 1.70. The van der Waals surface area contributed by atoms with Crippen molar-refractivity contribution in [1.82, 2.24) is 14.9 Å². The molecule has 0 saturated carbocycles. The van der Waals surface area contributed by atoms with Gasteiger partial charge in [-0.1, -0.05) is 23.7 Å². The van der Waals surface area contributed by atoms with Crippen molar-refractivity contribution < 1.29 is 9.53 Å². The van der Waals surface area contributed by atoms with Gasteiger partial charge in [-0.2, -0.15) is 0 Å². The molecule has 2 heterocycles. The van der Waals surface area contributed by atoms with Crippen molar-refractivity contribution in [1.29, 1.82) is 0 Å². The van der Waals surface area contributed by atoms with E-state index in [-0.39, 0.29) is 11.9 Å². The third-order valence-corrected chi connectivity index (χ3v) is 4.29. The molecular formula is C18H18ClN3O2. The molecule has 0 unspecified atom stereocenters. The fraction of sp³-hybridized carbons (Fsp3) is 0.222. The summed E-state index contributed by atoms with van der Waals surface area (Å²) in [6, 6.07) is 10.9. The minimum Gasteiger partial charge on any atom is -0.481 e. The van der Waals surface area contributed by atoms with Crippen molar-refractivity contribution >= 4 is 28.4 Å². The Morgan fingerprint density at radius 1 is 1.29 bits per heavy atom. The summed E-state index contributed by atoms with van der Waals surface area (Å²) in [5.41, 5.74) is 2.41. The first-order chi connectivity index (χ1) is 11.5. The summed E-state index contributed by atoms with van der Waals surface area (Å²) in [5.74, 6) is 0.399. The van der Waals surface area contributed by atoms with Gasteiger partial charge in [0.05, 0.1) is 13.2 Å². The molecule has 0 aliphatic heterocycles. The first kappa shape index (κ1) is 16.3. The Kier molecular flexibility index (Phi) is 4.44. The van der Waals surface area contributed by atoms with Crippen LogP contribution in [0.3, 0.4) is 0 Å². The quantitative estimate of drug-likeness (QED) is 0.785. The molecule has 2 aromatic heterocycles. The number of nitrogens with one attached hydrogen (secondary N) is 1. The zero-order valence-corrected chi connectivity index (χ0v) is 14.5. The zero-order valence-electron chi connectivity index (χ0n) is 13.7. The van der Waals surface area contributed by atoms with E-state index >= 15 is 0 Å². The number of halogens is 1. The number of carbonyl (C=O) groups excluding carboxylic acids is 1. The molecule has 0 radical (unpaired) electrons. The lowest BCUT2D eigenvalue weighted by molar-refractivity contribution is 0.0932. The molecule has 6 heteroatoms. The molecule has 0 bridgehead atoms. The highest BCUT2D eigenvalue weighted by atomic mass is 35.5. The molecule has 0 saturated heterocycles. The van der Waals surface area contributed by atoms with Crippen LogP contribution < -0.4 is 10.1 Å². The van der Waals surface area contributed by atoms with Crippen LogP contribution in [0.2, 0.25) is 5.02 Å². The van der Waals surface area contributed by atoms with Gasteiger partial charge in [-0.25, -0.2) is 4.98 Å². The molecule has 24 heavy (non-hydrogen) atoms. The number of aromatic nitrogens is 2. The first-order valence-corrected chi connectivity index (χ1v) is 7.93. The zero-order chi connectivity index (χ0) is 17.3. The Morgan fingerprint density at radius 2 is 2.08 bits per heavy atom. The summed E-state index contributed by atoms with van der Waals surface area (Å²) in [6.45, 7) is 1.92. The maximum atomic E-state index is 12.6. The van der Waals surface area contributed by atoms with Crippen molar-refractivity contribution in [3.63, 3.8) is 0 Å². The van der Waals surface area contributed by atoms with Crippen LogP contribution in [0, 0.1) is 0 Å². The van der Waals surface area contributed by atoms with Gasteiger partial charge in [-0.3, -0.25) is 4.79 Å². The van der Waals surface area contributed by atoms with E-state index in [2.05, 4.69) is 10.3 Å². The molecular weight excluding hydrogens is 326 g/mol. The van der Waals surface area contributed by atoms with Crippen LogP contribution >= 0.6 is 11.6 Å². The third kappa shape index (κ3) is 3.08. The number of nitrogens with zero attached hydrogens (tertiary/aromatic N) is 2. The van der Waals surface area contributed by atoms with Gasteiger partial charge in [0.25, 0.3) is 5.91 Å². The molecule has 0 spiro atoms. The van der Waals surface area contributed by atoms with Gasteiger partial charge < -0.3 is 14.6 Å². The van der Waals surface area contributed by atoms with Crippen molar-refractivity contribution in [2.45, 2.75) is 13.0 Å². The predicted octanol–water partition coefficient (Wildman–Crippen LogP) is 3.73. The average molecular weight is 344 g/mol. The van der Waals surface area contributed by atoms with E-state index in [0.717, 1.165) is 16.5 Å². The number of benzene rings is 1. The lowest BCUT2D eigenvalue weighted by Crippen LogP contribution is -2.28. The highest BCUT2D eigenvalue weighted by molar-refractivity contribution is 6.31. The monoisotopic (exact) mass is 343 g/mol. The summed E-state index contributed by atoms with van der Waals surface area (Å²) in [4.78, 5) is 16.8. The number of ether oxygens (including phenoxy) is 1. The third-order valence-electron chi connectivity index (χ3n) is 4.06. The Labute approximate surface area is 145 Å². The van der Waals surface area contributed by atoms with Crippen LogP contribution in [0.5, 0.6) is 5.88 Å². The number of hydrogen-bond donors (Lipinski definition) is 1. The number of fused-ring (bicyclic) bond motifs is 1. The van der Waals surface area contributed by atoms with E-state index in [1.54, 1.807) is 19.4 Å². The highest BCUT2D eigenvalue weighted by Gasteiger charge is 2.16. The minimum atomic E-state index is -0.169. The smallest absolute Gasteiger partial charge is 0.268 e. The molecule has 1 aromatic carbocycles. The van der Waals surface area contributed by atoms with Gasteiger partial charge in [0.1, 0.15) is 5.69 Å². The summed E-state index contributed by atoms with van der Waals surface area (Å²) in [5, 5.41) is 4.62. The van der Waals surface area contributed by atoms with Gasteiger partial charge in [0, 0.05) is 35.2 Å². The van der Waals surface area contributed by atoms with Gasteiger partial charge in [0.2, 0.25) is 5.88 Å². The van der Waals surface area contributed by atoms with E-state index in [0.29, 0.717) is 16.6 Å². The Balaban J connectivity index is 1.82. The van der Waals surface area contributed by atoms with E-state index in [4.69, 9.17) is 16.3 Å². The summed E-state index contributed by atoms with van der Waals surface area (Å²) < 4.78 is 6.89. The molecule has 3 aromatic rings. The number of amides is 1. The Hall–Kier alpha value is -2.53. The van der Waals surface area contributed by atoms with Crippen molar-refractivity contribution in [2.24, 2.45) is 7.05 Å². The maximum absolute atomic E-state index is 12.6. The van der Waals surface area contributed by atoms with E-state index < -0.39 is 0 Å². The van der Waals surface area contributed by atoms with Crippen molar-refractivity contribution in [3.8, 4) is 5.88 Å². The summed E-state index contributed by atoms with van der Waals surface area (Å²) >= 11 is 6.04. The lowest BCUT2D eigenvalue weighted by atomic mass is 10.1. The number of methoxy groups -OCH3 is 1. The molecule has 0 fully saturated rings. The molecule has 1 N–H and O–H groups in total. The Bertz CT molecular complexity index is 887. The number of carbonyl (C=O) groups is 1. The van der Waals surface area contributed by atoms with Crippen LogP contribution in [-0.4, -0.2) is 22.6 Å². The summed E-state index contributed by atoms with van der Waals surface area (Å²) in [7, 11) is 3.42. The second-order valence-corrected chi connectivity index (χ2v) is 6.06. The van der Waals surface area contributed by atoms with Crippen LogP contribution in [0.1, 0.15) is 29.0 Å². The molecule has 1 amide bonds. The van der Waals surface area contributed by atoms with Crippen molar-refractivity contribution in [2.75, 3.05) is 7.11 Å². The number of aryl methyl sites for hydroxylation is 1. The second-order valence-electron chi connectivity index (χ2n) is 5.62. The predicted molar refractivity (Wildman–Crippen MR) is 94.6 cm³/mol. The van der Waals surface area contributed by atoms with E-state index in [1.165, 1.54) is 0 Å². The number of rotatable bonds is 4. The molecule has 1 atom stereocenters. The van der Waals surface area contributed by atoms with Gasteiger partial charge in [-0.05, 0) is 30.7 Å². The molecule has 5 nitrogen and oxygen atoms in total.